The number of hydrogen-bond acceptors (Lipinski definition) is 5. The average molecular weight is 565 g/mol. The van der Waals surface area contributed by atoms with Crippen LogP contribution in [-0.2, 0) is 13.1 Å². The zero-order valence-corrected chi connectivity index (χ0v) is 25.6. The largest absolute Gasteiger partial charge is 0.371 e. The highest BCUT2D eigenvalue weighted by atomic mass is 15.2. The van der Waals surface area contributed by atoms with E-state index in [2.05, 4.69) is 119 Å². The first-order chi connectivity index (χ1) is 20.5. The van der Waals surface area contributed by atoms with Gasteiger partial charge in [-0.25, -0.2) is 4.98 Å². The van der Waals surface area contributed by atoms with Gasteiger partial charge in [-0.05, 0) is 80.1 Å². The summed E-state index contributed by atoms with van der Waals surface area (Å²) in [6, 6.07) is 14.1. The van der Waals surface area contributed by atoms with E-state index >= 15 is 0 Å². The predicted molar refractivity (Wildman–Crippen MR) is 175 cm³/mol. The van der Waals surface area contributed by atoms with Crippen LogP contribution in [0, 0.1) is 11.8 Å². The van der Waals surface area contributed by atoms with Crippen LogP contribution in [0.15, 0.2) is 80.2 Å². The summed E-state index contributed by atoms with van der Waals surface area (Å²) in [6.07, 6.45) is 14.5. The maximum Gasteiger partial charge on any atom is 0.139 e. The second-order valence-electron chi connectivity index (χ2n) is 12.7. The number of piperidine rings is 1. The molecule has 0 bridgehead atoms. The number of allylic oxidation sites excluding steroid dienone is 1. The van der Waals surface area contributed by atoms with E-state index in [-0.39, 0.29) is 0 Å². The molecule has 6 nitrogen and oxygen atoms in total. The minimum atomic E-state index is 0.411. The molecule has 222 valence electrons. The fourth-order valence-corrected chi connectivity index (χ4v) is 7.17. The molecule has 2 fully saturated rings. The van der Waals surface area contributed by atoms with Gasteiger partial charge in [0.15, 0.2) is 0 Å². The lowest BCUT2D eigenvalue weighted by atomic mass is 9.84. The molecule has 0 saturated carbocycles. The molecule has 1 N–H and O–H groups in total. The molecule has 6 rings (SSSR count). The lowest BCUT2D eigenvalue weighted by molar-refractivity contribution is 0.148. The number of likely N-dealkylation sites (tertiary alicyclic amines) is 1. The Bertz CT molecular complexity index is 1410. The summed E-state index contributed by atoms with van der Waals surface area (Å²) in [5.74, 6) is 1.46. The number of aromatic nitrogens is 2. The van der Waals surface area contributed by atoms with E-state index in [0.717, 1.165) is 83.0 Å². The molecular weight excluding hydrogens is 516 g/mol. The number of benzene rings is 1. The highest BCUT2D eigenvalue weighted by Crippen LogP contribution is 2.33. The number of hydrogen-bond donors (Lipinski definition) is 1. The Morgan fingerprint density at radius 2 is 1.86 bits per heavy atom. The van der Waals surface area contributed by atoms with Crippen molar-refractivity contribution in [1.82, 2.24) is 29.6 Å². The third-order valence-electron chi connectivity index (χ3n) is 9.93. The van der Waals surface area contributed by atoms with Crippen LogP contribution in [0.5, 0.6) is 0 Å². The van der Waals surface area contributed by atoms with Crippen molar-refractivity contribution < 1.29 is 0 Å². The van der Waals surface area contributed by atoms with Crippen molar-refractivity contribution in [1.29, 1.82) is 0 Å². The Balaban J connectivity index is 1.05. The van der Waals surface area contributed by atoms with Gasteiger partial charge in [-0.2, -0.15) is 0 Å². The number of likely N-dealkylation sites (N-methyl/N-ethyl adjacent to an activating group) is 1. The van der Waals surface area contributed by atoms with Crippen molar-refractivity contribution in [3.63, 3.8) is 0 Å². The average Bonchev–Trinajstić information content (AvgIpc) is 3.43. The molecule has 42 heavy (non-hydrogen) atoms. The Hall–Kier alpha value is -3.19. The van der Waals surface area contributed by atoms with Gasteiger partial charge >= 0.3 is 0 Å². The maximum absolute atomic E-state index is 4.98. The minimum absolute atomic E-state index is 0.411. The molecule has 4 heterocycles. The number of rotatable bonds is 9. The van der Waals surface area contributed by atoms with Gasteiger partial charge < -0.3 is 19.7 Å². The molecule has 0 amide bonds. The Morgan fingerprint density at radius 1 is 1.05 bits per heavy atom. The number of nitrogens with zero attached hydrogens (tertiary/aromatic N) is 5. The second kappa shape index (κ2) is 13.0. The van der Waals surface area contributed by atoms with E-state index in [1.54, 1.807) is 0 Å². The monoisotopic (exact) mass is 564 g/mol. The van der Waals surface area contributed by atoms with Crippen molar-refractivity contribution in [3.8, 4) is 0 Å². The number of pyridine rings is 1. The van der Waals surface area contributed by atoms with E-state index in [1.165, 1.54) is 22.1 Å². The molecule has 3 aromatic rings. The van der Waals surface area contributed by atoms with Crippen LogP contribution in [0.4, 0.5) is 0 Å². The van der Waals surface area contributed by atoms with Crippen molar-refractivity contribution in [3.05, 3.63) is 96.9 Å². The van der Waals surface area contributed by atoms with E-state index in [9.17, 15) is 0 Å². The number of fused-ring (bicyclic) bond motifs is 1. The molecule has 0 radical (unpaired) electrons. The SMILES string of the molecule is C=CC1C=CC(Cn2ccc3cc(C4CCN(C(=C)c5cccc(CN6CCN(C)CC6)c5)CC4)cnc32)CC1NC. The fourth-order valence-electron chi connectivity index (χ4n) is 7.17. The predicted octanol–water partition coefficient (Wildman–Crippen LogP) is 5.60. The van der Waals surface area contributed by atoms with Gasteiger partial charge in [0.2, 0.25) is 0 Å². The molecule has 3 unspecified atom stereocenters. The Kier molecular flexibility index (Phi) is 8.94. The summed E-state index contributed by atoms with van der Waals surface area (Å²) < 4.78 is 2.33. The third-order valence-corrected chi connectivity index (χ3v) is 9.93. The van der Waals surface area contributed by atoms with Crippen LogP contribution in [-0.4, -0.2) is 83.7 Å². The van der Waals surface area contributed by atoms with Crippen LogP contribution in [0.1, 0.15) is 41.9 Å². The summed E-state index contributed by atoms with van der Waals surface area (Å²) in [6.45, 7) is 17.2. The van der Waals surface area contributed by atoms with Gasteiger partial charge in [0.05, 0.1) is 0 Å². The molecule has 2 aliphatic heterocycles. The smallest absolute Gasteiger partial charge is 0.139 e. The van der Waals surface area contributed by atoms with Crippen LogP contribution in [0.2, 0.25) is 0 Å². The highest BCUT2D eigenvalue weighted by molar-refractivity contribution is 5.77. The lowest BCUT2D eigenvalue weighted by Crippen LogP contribution is -2.43. The summed E-state index contributed by atoms with van der Waals surface area (Å²) >= 11 is 0. The van der Waals surface area contributed by atoms with Gasteiger partial charge in [-0.15, -0.1) is 6.58 Å². The quantitative estimate of drug-likeness (QED) is 0.343. The molecule has 3 aliphatic rings. The van der Waals surface area contributed by atoms with Crippen LogP contribution < -0.4 is 5.32 Å². The lowest BCUT2D eigenvalue weighted by Gasteiger charge is -2.35. The van der Waals surface area contributed by atoms with E-state index < -0.39 is 0 Å². The number of piperazine rings is 1. The molecule has 0 spiro atoms. The normalized spacial score (nSPS) is 24.3. The van der Waals surface area contributed by atoms with E-state index in [1.807, 2.05) is 0 Å². The summed E-state index contributed by atoms with van der Waals surface area (Å²) in [7, 11) is 4.27. The summed E-state index contributed by atoms with van der Waals surface area (Å²) in [5.41, 5.74) is 6.29. The van der Waals surface area contributed by atoms with Crippen molar-refractivity contribution in [2.24, 2.45) is 11.8 Å². The summed E-state index contributed by atoms with van der Waals surface area (Å²) in [5, 5.41) is 4.73. The van der Waals surface area contributed by atoms with Crippen LogP contribution >= 0.6 is 0 Å². The molecule has 2 aromatic heterocycles. The Labute approximate surface area is 252 Å². The molecule has 1 aromatic carbocycles. The third kappa shape index (κ3) is 6.41. The van der Waals surface area contributed by atoms with Gasteiger partial charge in [-0.1, -0.05) is 43.0 Å². The highest BCUT2D eigenvalue weighted by Gasteiger charge is 2.25. The Morgan fingerprint density at radius 3 is 2.62 bits per heavy atom. The molecule has 1 aliphatic carbocycles. The maximum atomic E-state index is 4.98. The van der Waals surface area contributed by atoms with Gasteiger partial charge in [0.25, 0.3) is 0 Å². The first kappa shape index (κ1) is 28.9. The molecule has 3 atom stereocenters. The van der Waals surface area contributed by atoms with E-state index in [4.69, 9.17) is 4.98 Å². The molecular formula is C36H48N6. The first-order valence-corrected chi connectivity index (χ1v) is 15.9. The fraction of sp³-hybridized carbons (Fsp3) is 0.472. The minimum Gasteiger partial charge on any atom is -0.371 e. The number of nitrogens with one attached hydrogen (secondary N) is 1. The van der Waals surface area contributed by atoms with Crippen molar-refractivity contribution in [2.75, 3.05) is 53.4 Å². The van der Waals surface area contributed by atoms with Crippen molar-refractivity contribution >= 4 is 16.7 Å². The summed E-state index contributed by atoms with van der Waals surface area (Å²) in [4.78, 5) is 12.5. The second-order valence-corrected chi connectivity index (χ2v) is 12.7. The van der Waals surface area contributed by atoms with Crippen LogP contribution in [0.25, 0.3) is 16.7 Å². The zero-order valence-electron chi connectivity index (χ0n) is 25.6. The van der Waals surface area contributed by atoms with Crippen molar-refractivity contribution in [2.45, 2.75) is 44.3 Å². The van der Waals surface area contributed by atoms with Gasteiger partial charge in [0.1, 0.15) is 5.65 Å². The standard InChI is InChI=1S/C36H48N6/c1-5-30-10-9-29(22-35(30)37-3)26-42-16-13-33-23-34(24-38-36(33)42)31-11-14-41(15-12-31)27(2)32-8-6-7-28(21-32)25-40-19-17-39(4)18-20-40/h5-10,13,16,21,23-24,29-31,35,37H,1-2,11-12,14-15,17-20,22,25-26H2,3-4H3. The van der Waals surface area contributed by atoms with Gasteiger partial charge in [0, 0.05) is 87.8 Å². The van der Waals surface area contributed by atoms with Gasteiger partial charge in [-0.3, -0.25) is 4.90 Å². The van der Waals surface area contributed by atoms with Crippen LogP contribution in [0.3, 0.4) is 0 Å². The van der Waals surface area contributed by atoms with E-state index in [0.29, 0.717) is 23.8 Å². The zero-order chi connectivity index (χ0) is 29.1. The molecule has 6 heteroatoms. The topological polar surface area (TPSA) is 39.6 Å². The first-order valence-electron chi connectivity index (χ1n) is 15.9. The molecule has 2 saturated heterocycles.